The van der Waals surface area contributed by atoms with Gasteiger partial charge >= 0.3 is 0 Å². The van der Waals surface area contributed by atoms with Crippen LogP contribution in [0.25, 0.3) is 10.9 Å². The Morgan fingerprint density at radius 1 is 1.04 bits per heavy atom. The van der Waals surface area contributed by atoms with E-state index in [4.69, 9.17) is 21.7 Å². The van der Waals surface area contributed by atoms with Crippen molar-refractivity contribution >= 4 is 39.8 Å². The van der Waals surface area contributed by atoms with Gasteiger partial charge in [-0.1, -0.05) is 18.2 Å². The summed E-state index contributed by atoms with van der Waals surface area (Å²) in [6.07, 6.45) is 1.71. The number of para-hydroxylation sites is 1. The smallest absolute Gasteiger partial charge is 0.257 e. The number of ether oxygens (including phenoxy) is 2. The Kier molecular flexibility index (Phi) is 5.28. The van der Waals surface area contributed by atoms with E-state index in [0.29, 0.717) is 17.1 Å². The molecule has 1 aromatic heterocycles. The summed E-state index contributed by atoms with van der Waals surface area (Å²) in [5.41, 5.74) is 1.87. The summed E-state index contributed by atoms with van der Waals surface area (Å²) >= 11 is 5.26. The Labute approximate surface area is 156 Å². The van der Waals surface area contributed by atoms with E-state index in [-0.39, 0.29) is 11.0 Å². The van der Waals surface area contributed by atoms with Gasteiger partial charge in [-0.2, -0.15) is 0 Å². The number of nitrogens with zero attached hydrogens (tertiary/aromatic N) is 1. The van der Waals surface area contributed by atoms with Crippen LogP contribution in [0.2, 0.25) is 0 Å². The van der Waals surface area contributed by atoms with E-state index in [9.17, 15) is 4.79 Å². The molecule has 0 atom stereocenters. The number of benzene rings is 2. The van der Waals surface area contributed by atoms with Crippen molar-refractivity contribution in [2.45, 2.75) is 0 Å². The summed E-state index contributed by atoms with van der Waals surface area (Å²) in [6, 6.07) is 14.4. The number of hydrogen-bond donors (Lipinski definition) is 2. The number of anilines is 1. The van der Waals surface area contributed by atoms with Gasteiger partial charge in [-0.15, -0.1) is 0 Å². The summed E-state index contributed by atoms with van der Waals surface area (Å²) in [6.45, 7) is 0. The Morgan fingerprint density at radius 2 is 1.73 bits per heavy atom. The van der Waals surface area contributed by atoms with Crippen LogP contribution in [0, 0.1) is 0 Å². The lowest BCUT2D eigenvalue weighted by Gasteiger charge is -2.12. The number of thiocarbonyl (C=S) groups is 1. The van der Waals surface area contributed by atoms with Crippen LogP contribution in [0.3, 0.4) is 0 Å². The first-order chi connectivity index (χ1) is 12.6. The molecule has 0 aliphatic rings. The van der Waals surface area contributed by atoms with Gasteiger partial charge in [-0.3, -0.25) is 15.1 Å². The molecule has 1 amide bonds. The third kappa shape index (κ3) is 3.89. The zero-order chi connectivity index (χ0) is 18.5. The van der Waals surface area contributed by atoms with E-state index < -0.39 is 0 Å². The van der Waals surface area contributed by atoms with Crippen LogP contribution >= 0.6 is 12.2 Å². The van der Waals surface area contributed by atoms with Crippen LogP contribution < -0.4 is 20.1 Å². The zero-order valence-electron chi connectivity index (χ0n) is 14.3. The molecule has 0 bridgehead atoms. The minimum Gasteiger partial charge on any atom is -0.497 e. The second-order valence-corrected chi connectivity index (χ2v) is 5.80. The van der Waals surface area contributed by atoms with Gasteiger partial charge in [0.25, 0.3) is 5.91 Å². The summed E-state index contributed by atoms with van der Waals surface area (Å²) in [4.78, 5) is 16.8. The molecule has 0 saturated heterocycles. The van der Waals surface area contributed by atoms with Crippen molar-refractivity contribution in [2.24, 2.45) is 0 Å². The van der Waals surface area contributed by atoms with Crippen molar-refractivity contribution in [3.63, 3.8) is 0 Å². The third-order valence-electron chi connectivity index (χ3n) is 3.72. The van der Waals surface area contributed by atoms with Crippen molar-refractivity contribution in [1.29, 1.82) is 0 Å². The van der Waals surface area contributed by atoms with Gasteiger partial charge in [-0.25, -0.2) is 0 Å². The van der Waals surface area contributed by atoms with Crippen LogP contribution in [0.5, 0.6) is 11.5 Å². The first-order valence-electron chi connectivity index (χ1n) is 7.80. The quantitative estimate of drug-likeness (QED) is 0.689. The molecule has 2 aromatic carbocycles. The molecule has 0 fully saturated rings. The van der Waals surface area contributed by atoms with Crippen LogP contribution in [0.1, 0.15) is 10.4 Å². The largest absolute Gasteiger partial charge is 0.497 e. The first kappa shape index (κ1) is 17.6. The van der Waals surface area contributed by atoms with Crippen molar-refractivity contribution in [2.75, 3.05) is 19.5 Å². The number of rotatable bonds is 4. The molecule has 1 heterocycles. The fourth-order valence-corrected chi connectivity index (χ4v) is 2.68. The number of pyridine rings is 1. The molecule has 0 radical (unpaired) electrons. The van der Waals surface area contributed by atoms with Crippen molar-refractivity contribution in [3.05, 3.63) is 60.3 Å². The fourth-order valence-electron chi connectivity index (χ4n) is 2.47. The molecule has 7 heteroatoms. The average molecular weight is 367 g/mol. The average Bonchev–Trinajstić information content (AvgIpc) is 2.67. The Morgan fingerprint density at radius 3 is 2.42 bits per heavy atom. The molecule has 0 unspecified atom stereocenters. The number of fused-ring (bicyclic) bond motifs is 1. The predicted molar refractivity (Wildman–Crippen MR) is 105 cm³/mol. The van der Waals surface area contributed by atoms with E-state index in [2.05, 4.69) is 15.6 Å². The summed E-state index contributed by atoms with van der Waals surface area (Å²) in [7, 11) is 3.05. The van der Waals surface area contributed by atoms with Crippen LogP contribution in [-0.4, -0.2) is 30.2 Å². The van der Waals surface area contributed by atoms with E-state index in [1.165, 1.54) is 14.2 Å². The normalized spacial score (nSPS) is 10.2. The number of amides is 1. The van der Waals surface area contributed by atoms with E-state index >= 15 is 0 Å². The molecule has 3 aromatic rings. The lowest BCUT2D eigenvalue weighted by atomic mass is 10.2. The minimum atomic E-state index is -0.368. The first-order valence-corrected chi connectivity index (χ1v) is 8.20. The van der Waals surface area contributed by atoms with Gasteiger partial charge in [-0.05, 0) is 36.5 Å². The Bertz CT molecular complexity index is 948. The van der Waals surface area contributed by atoms with E-state index in [1.807, 2.05) is 30.3 Å². The molecule has 132 valence electrons. The van der Waals surface area contributed by atoms with Crippen molar-refractivity contribution < 1.29 is 14.3 Å². The summed E-state index contributed by atoms with van der Waals surface area (Å²) in [5, 5.41) is 6.82. The molecule has 0 aliphatic heterocycles. The second-order valence-electron chi connectivity index (χ2n) is 5.39. The number of carbonyl (C=O) groups is 1. The van der Waals surface area contributed by atoms with Gasteiger partial charge in [0, 0.05) is 23.2 Å². The SMILES string of the molecule is COc1cc(OC)cc(C(=O)NC(=S)Nc2cccc3cccnc23)c1. The number of carbonyl (C=O) groups excluding carboxylic acids is 1. The summed E-state index contributed by atoms with van der Waals surface area (Å²) in [5.74, 6) is 0.672. The number of methoxy groups -OCH3 is 2. The van der Waals surface area contributed by atoms with Crippen LogP contribution in [-0.2, 0) is 0 Å². The molecule has 26 heavy (non-hydrogen) atoms. The van der Waals surface area contributed by atoms with Gasteiger partial charge < -0.3 is 14.8 Å². The molecule has 0 aliphatic carbocycles. The maximum absolute atomic E-state index is 12.5. The number of aromatic nitrogens is 1. The molecule has 3 rings (SSSR count). The highest BCUT2D eigenvalue weighted by Gasteiger charge is 2.12. The molecule has 2 N–H and O–H groups in total. The van der Waals surface area contributed by atoms with Crippen LogP contribution in [0.15, 0.2) is 54.7 Å². The monoisotopic (exact) mass is 367 g/mol. The highest BCUT2D eigenvalue weighted by atomic mass is 32.1. The molecule has 0 saturated carbocycles. The highest BCUT2D eigenvalue weighted by Crippen LogP contribution is 2.23. The topological polar surface area (TPSA) is 72.5 Å². The Hall–Kier alpha value is -3.19. The molecular formula is C19H17N3O3S. The maximum atomic E-state index is 12.5. The lowest BCUT2D eigenvalue weighted by molar-refractivity contribution is 0.0977. The molecule has 6 nitrogen and oxygen atoms in total. The standard InChI is InChI=1S/C19H17N3O3S/c1-24-14-9-13(10-15(11-14)25-2)18(23)22-19(26)21-16-7-3-5-12-6-4-8-20-17(12)16/h3-11H,1-2H3,(H2,21,22,23,26). The summed E-state index contributed by atoms with van der Waals surface area (Å²) < 4.78 is 10.4. The van der Waals surface area contributed by atoms with Gasteiger partial charge in [0.15, 0.2) is 5.11 Å². The van der Waals surface area contributed by atoms with Crippen molar-refractivity contribution in [3.8, 4) is 11.5 Å². The van der Waals surface area contributed by atoms with Gasteiger partial charge in [0.1, 0.15) is 11.5 Å². The third-order valence-corrected chi connectivity index (χ3v) is 3.93. The fraction of sp³-hybridized carbons (Fsp3) is 0.105. The molecular weight excluding hydrogens is 350 g/mol. The van der Waals surface area contributed by atoms with Gasteiger partial charge in [0.05, 0.1) is 25.4 Å². The lowest BCUT2D eigenvalue weighted by Crippen LogP contribution is -2.34. The molecule has 0 spiro atoms. The zero-order valence-corrected chi connectivity index (χ0v) is 15.1. The maximum Gasteiger partial charge on any atom is 0.257 e. The number of hydrogen-bond acceptors (Lipinski definition) is 5. The second kappa shape index (κ2) is 7.79. The van der Waals surface area contributed by atoms with E-state index in [0.717, 1.165) is 16.6 Å². The predicted octanol–water partition coefficient (Wildman–Crippen LogP) is 3.38. The highest BCUT2D eigenvalue weighted by molar-refractivity contribution is 7.80. The van der Waals surface area contributed by atoms with Crippen LogP contribution in [0.4, 0.5) is 5.69 Å². The number of nitrogens with one attached hydrogen (secondary N) is 2. The van der Waals surface area contributed by atoms with E-state index in [1.54, 1.807) is 24.4 Å². The Balaban J connectivity index is 1.76. The van der Waals surface area contributed by atoms with Crippen molar-refractivity contribution in [1.82, 2.24) is 10.3 Å². The van der Waals surface area contributed by atoms with Gasteiger partial charge in [0.2, 0.25) is 0 Å². The minimum absolute atomic E-state index is 0.176.